The van der Waals surface area contributed by atoms with Gasteiger partial charge in [-0.3, -0.25) is 5.43 Å². The van der Waals surface area contributed by atoms with Crippen LogP contribution < -0.4 is 10.9 Å². The number of rotatable bonds is 0. The minimum Gasteiger partial charge on any atom is -0.485 e. The first-order chi connectivity index (χ1) is 3.50. The number of ether oxygens (including phenoxy) is 1. The van der Waals surface area contributed by atoms with Crippen LogP contribution in [0.4, 0.5) is 0 Å². The Morgan fingerprint density at radius 1 is 1.43 bits per heavy atom. The van der Waals surface area contributed by atoms with Gasteiger partial charge in [-0.2, -0.15) is 0 Å². The summed E-state index contributed by atoms with van der Waals surface area (Å²) in [5.74, 6) is 0. The van der Waals surface area contributed by atoms with Crippen LogP contribution in [-0.4, -0.2) is 13.3 Å². The van der Waals surface area contributed by atoms with Gasteiger partial charge in [0.1, 0.15) is 0 Å². The Balaban J connectivity index is 2.20. The van der Waals surface area contributed by atoms with Gasteiger partial charge in [0.25, 0.3) is 0 Å². The maximum atomic E-state index is 4.84. The van der Waals surface area contributed by atoms with E-state index in [9.17, 15) is 0 Å². The summed E-state index contributed by atoms with van der Waals surface area (Å²) in [4.78, 5) is 0. The van der Waals surface area contributed by atoms with E-state index in [1.54, 1.807) is 6.26 Å². The van der Waals surface area contributed by atoms with Gasteiger partial charge in [0.05, 0.1) is 6.26 Å². The highest BCUT2D eigenvalue weighted by atomic mass is 16.5. The second-order valence-corrected chi connectivity index (χ2v) is 1.24. The third-order valence-corrected chi connectivity index (χ3v) is 0.693. The molecule has 0 radical (unpaired) electrons. The second-order valence-electron chi connectivity index (χ2n) is 1.24. The Morgan fingerprint density at radius 3 is 3.43 bits per heavy atom. The predicted octanol–water partition coefficient (Wildman–Crippen LogP) is -0.418. The predicted molar refractivity (Wildman–Crippen MR) is 26.2 cm³/mol. The van der Waals surface area contributed by atoms with E-state index in [4.69, 9.17) is 4.74 Å². The first kappa shape index (κ1) is 4.61. The van der Waals surface area contributed by atoms with Crippen LogP contribution in [0.2, 0.25) is 0 Å². The number of hydrogen-bond acceptors (Lipinski definition) is 3. The fourth-order valence-corrected chi connectivity index (χ4v) is 0.388. The molecule has 1 rings (SSSR count). The highest BCUT2D eigenvalue weighted by molar-refractivity contribution is 4.76. The van der Waals surface area contributed by atoms with E-state index in [0.29, 0.717) is 6.73 Å². The van der Waals surface area contributed by atoms with E-state index in [0.717, 1.165) is 6.54 Å². The van der Waals surface area contributed by atoms with Crippen molar-refractivity contribution in [2.24, 2.45) is 0 Å². The first-order valence-corrected chi connectivity index (χ1v) is 2.22. The number of hydrazine groups is 1. The summed E-state index contributed by atoms with van der Waals surface area (Å²) in [7, 11) is 0. The van der Waals surface area contributed by atoms with Crippen LogP contribution in [0.3, 0.4) is 0 Å². The monoisotopic (exact) mass is 100 g/mol. The lowest BCUT2D eigenvalue weighted by atomic mass is 10.6. The van der Waals surface area contributed by atoms with Crippen molar-refractivity contribution in [3.05, 3.63) is 12.3 Å². The second kappa shape index (κ2) is 2.60. The molecule has 2 N–H and O–H groups in total. The Bertz CT molecular complexity index is 64.1. The average molecular weight is 100 g/mol. The van der Waals surface area contributed by atoms with E-state index < -0.39 is 0 Å². The van der Waals surface area contributed by atoms with Gasteiger partial charge in [-0.15, -0.1) is 0 Å². The van der Waals surface area contributed by atoms with E-state index >= 15 is 0 Å². The van der Waals surface area contributed by atoms with Crippen molar-refractivity contribution in [2.75, 3.05) is 13.3 Å². The summed E-state index contributed by atoms with van der Waals surface area (Å²) in [6.07, 6.45) is 3.58. The van der Waals surface area contributed by atoms with Gasteiger partial charge in [0.15, 0.2) is 6.73 Å². The molecule has 0 aromatic carbocycles. The third-order valence-electron chi connectivity index (χ3n) is 0.693. The SMILES string of the molecule is C1=COCNNC1. The molecule has 0 unspecified atom stereocenters. The molecule has 0 aliphatic carbocycles. The molecule has 0 saturated heterocycles. The van der Waals surface area contributed by atoms with Crippen LogP contribution in [0.15, 0.2) is 12.3 Å². The zero-order valence-corrected chi connectivity index (χ0v) is 3.98. The number of hydrogen-bond donors (Lipinski definition) is 2. The summed E-state index contributed by atoms with van der Waals surface area (Å²) in [5, 5.41) is 0. The molecule has 0 saturated carbocycles. The fraction of sp³-hybridized carbons (Fsp3) is 0.500. The minimum absolute atomic E-state index is 0.552. The van der Waals surface area contributed by atoms with Crippen LogP contribution in [0, 0.1) is 0 Å². The summed E-state index contributed by atoms with van der Waals surface area (Å²) < 4.78 is 4.84. The lowest BCUT2D eigenvalue weighted by molar-refractivity contribution is 0.216. The van der Waals surface area contributed by atoms with Gasteiger partial charge in [-0.1, -0.05) is 0 Å². The normalized spacial score (nSPS) is 20.6. The van der Waals surface area contributed by atoms with Gasteiger partial charge in [-0.05, 0) is 6.08 Å². The zero-order chi connectivity index (χ0) is 4.95. The summed E-state index contributed by atoms with van der Waals surface area (Å²) in [6.45, 7) is 1.39. The number of nitrogens with one attached hydrogen (secondary N) is 2. The molecule has 1 aliphatic rings. The first-order valence-electron chi connectivity index (χ1n) is 2.22. The Kier molecular flexibility index (Phi) is 1.72. The molecule has 1 heterocycles. The fourth-order valence-electron chi connectivity index (χ4n) is 0.388. The molecule has 0 spiro atoms. The topological polar surface area (TPSA) is 33.3 Å². The molecule has 0 fully saturated rings. The maximum absolute atomic E-state index is 4.84. The molecule has 0 bridgehead atoms. The molecule has 1 aliphatic heterocycles. The van der Waals surface area contributed by atoms with Crippen molar-refractivity contribution in [1.29, 1.82) is 0 Å². The molecule has 7 heavy (non-hydrogen) atoms. The molecular formula is C4H8N2O. The van der Waals surface area contributed by atoms with E-state index in [1.165, 1.54) is 0 Å². The van der Waals surface area contributed by atoms with Crippen LogP contribution in [0.5, 0.6) is 0 Å². The van der Waals surface area contributed by atoms with E-state index in [2.05, 4.69) is 10.9 Å². The van der Waals surface area contributed by atoms with E-state index in [-0.39, 0.29) is 0 Å². The molecule has 0 atom stereocenters. The molecule has 0 aromatic heterocycles. The Morgan fingerprint density at radius 2 is 2.43 bits per heavy atom. The Labute approximate surface area is 42.3 Å². The smallest absolute Gasteiger partial charge is 0.150 e. The summed E-state index contributed by atoms with van der Waals surface area (Å²) in [5.41, 5.74) is 5.70. The quantitative estimate of drug-likeness (QED) is 0.434. The van der Waals surface area contributed by atoms with Crippen molar-refractivity contribution < 1.29 is 4.74 Å². The van der Waals surface area contributed by atoms with Gasteiger partial charge in [0.2, 0.25) is 0 Å². The molecule has 3 nitrogen and oxygen atoms in total. The maximum Gasteiger partial charge on any atom is 0.150 e. The molecule has 40 valence electrons. The highest BCUT2D eigenvalue weighted by Gasteiger charge is 1.83. The van der Waals surface area contributed by atoms with Gasteiger partial charge in [0, 0.05) is 6.54 Å². The van der Waals surface area contributed by atoms with Gasteiger partial charge in [-0.25, -0.2) is 5.43 Å². The van der Waals surface area contributed by atoms with Gasteiger partial charge < -0.3 is 4.74 Å². The van der Waals surface area contributed by atoms with Crippen molar-refractivity contribution in [3.8, 4) is 0 Å². The van der Waals surface area contributed by atoms with Crippen LogP contribution >= 0.6 is 0 Å². The van der Waals surface area contributed by atoms with Crippen LogP contribution in [0.1, 0.15) is 0 Å². The van der Waals surface area contributed by atoms with Crippen LogP contribution in [-0.2, 0) is 4.74 Å². The third kappa shape index (κ3) is 1.57. The Hall–Kier alpha value is -0.540. The van der Waals surface area contributed by atoms with Crippen molar-refractivity contribution in [2.45, 2.75) is 0 Å². The molecular weight excluding hydrogens is 92.1 g/mol. The zero-order valence-electron chi connectivity index (χ0n) is 3.98. The summed E-state index contributed by atoms with van der Waals surface area (Å²) >= 11 is 0. The molecule has 0 aromatic rings. The van der Waals surface area contributed by atoms with Crippen molar-refractivity contribution in [1.82, 2.24) is 10.9 Å². The van der Waals surface area contributed by atoms with Gasteiger partial charge >= 0.3 is 0 Å². The van der Waals surface area contributed by atoms with Crippen molar-refractivity contribution in [3.63, 3.8) is 0 Å². The van der Waals surface area contributed by atoms with E-state index in [1.807, 2.05) is 6.08 Å². The lowest BCUT2D eigenvalue weighted by Crippen LogP contribution is -2.31. The molecule has 3 heteroatoms. The molecule has 0 amide bonds. The highest BCUT2D eigenvalue weighted by Crippen LogP contribution is 1.75. The summed E-state index contributed by atoms with van der Waals surface area (Å²) in [6, 6.07) is 0. The standard InChI is InChI=1S/C4H8N2O/c1-2-5-6-4-7-3-1/h1,3,5-6H,2,4H2. The largest absolute Gasteiger partial charge is 0.485 e. The lowest BCUT2D eigenvalue weighted by Gasteiger charge is -1.96. The average Bonchev–Trinajstić information content (AvgIpc) is 1.90. The minimum atomic E-state index is 0.552. The van der Waals surface area contributed by atoms with Crippen molar-refractivity contribution >= 4 is 0 Å². The van der Waals surface area contributed by atoms with Crippen LogP contribution in [0.25, 0.3) is 0 Å².